The monoisotopic (exact) mass is 297 g/mol. The van der Waals surface area contributed by atoms with Crippen molar-refractivity contribution in [3.05, 3.63) is 29.8 Å². The van der Waals surface area contributed by atoms with Crippen LogP contribution in [0.2, 0.25) is 0 Å². The van der Waals surface area contributed by atoms with Crippen LogP contribution in [0.25, 0.3) is 0 Å². The van der Waals surface area contributed by atoms with Gasteiger partial charge in [0.25, 0.3) is 0 Å². The third kappa shape index (κ3) is 3.40. The summed E-state index contributed by atoms with van der Waals surface area (Å²) < 4.78 is 31.7. The Balaban J connectivity index is 2.10. The summed E-state index contributed by atoms with van der Waals surface area (Å²) in [5.41, 5.74) is 1.20. The summed E-state index contributed by atoms with van der Waals surface area (Å²) in [4.78, 5) is 0.384. The lowest BCUT2D eigenvalue weighted by atomic mass is 10.1. The van der Waals surface area contributed by atoms with Crippen molar-refractivity contribution in [3.8, 4) is 0 Å². The zero-order chi connectivity index (χ0) is 14.6. The molecule has 0 aliphatic carbocycles. The molecule has 20 heavy (non-hydrogen) atoms. The first-order valence-corrected chi connectivity index (χ1v) is 8.64. The second-order valence-electron chi connectivity index (χ2n) is 5.26. The number of sulfonamides is 1. The van der Waals surface area contributed by atoms with Crippen LogP contribution in [0, 0.1) is 0 Å². The van der Waals surface area contributed by atoms with E-state index < -0.39 is 10.0 Å². The number of unbranched alkanes of at least 4 members (excludes halogenated alkanes) is 1. The van der Waals surface area contributed by atoms with Crippen LogP contribution in [0.1, 0.15) is 31.7 Å². The third-order valence-electron chi connectivity index (χ3n) is 3.82. The van der Waals surface area contributed by atoms with Gasteiger partial charge in [-0.15, -0.1) is 0 Å². The minimum atomic E-state index is -3.37. The summed E-state index contributed by atoms with van der Waals surface area (Å²) in [5.74, 6) is 0. The Morgan fingerprint density at radius 1 is 1.30 bits per heavy atom. The molecule has 0 bridgehead atoms. The number of hydrogen-bond donors (Lipinski definition) is 0. The van der Waals surface area contributed by atoms with E-state index in [0.717, 1.165) is 25.7 Å². The quantitative estimate of drug-likeness (QED) is 0.810. The first kappa shape index (κ1) is 15.5. The number of ether oxygens (including phenoxy) is 1. The van der Waals surface area contributed by atoms with Crippen molar-refractivity contribution < 1.29 is 13.2 Å². The third-order valence-corrected chi connectivity index (χ3v) is 5.70. The number of rotatable bonds is 6. The van der Waals surface area contributed by atoms with Crippen molar-refractivity contribution in [1.29, 1.82) is 0 Å². The molecule has 1 fully saturated rings. The number of nitrogens with zero attached hydrogens (tertiary/aromatic N) is 1. The van der Waals surface area contributed by atoms with Crippen molar-refractivity contribution in [2.45, 2.75) is 43.6 Å². The summed E-state index contributed by atoms with van der Waals surface area (Å²) in [5, 5.41) is 0. The molecule has 1 heterocycles. The Hall–Kier alpha value is -0.910. The number of hydrogen-bond acceptors (Lipinski definition) is 3. The number of aryl methyl sites for hydroxylation is 1. The average Bonchev–Trinajstić information content (AvgIpc) is 2.95. The Bertz CT molecular complexity index is 525. The molecule has 5 heteroatoms. The van der Waals surface area contributed by atoms with Gasteiger partial charge in [0.2, 0.25) is 10.0 Å². The van der Waals surface area contributed by atoms with E-state index >= 15 is 0 Å². The van der Waals surface area contributed by atoms with Crippen molar-refractivity contribution >= 4 is 10.0 Å². The molecule has 1 aliphatic heterocycles. The van der Waals surface area contributed by atoms with Gasteiger partial charge < -0.3 is 4.74 Å². The Morgan fingerprint density at radius 2 is 2.00 bits per heavy atom. The first-order chi connectivity index (χ1) is 9.57. The molecule has 1 aliphatic rings. The van der Waals surface area contributed by atoms with Gasteiger partial charge in [0, 0.05) is 20.2 Å². The molecule has 1 aromatic carbocycles. The van der Waals surface area contributed by atoms with Gasteiger partial charge in [0.05, 0.1) is 11.0 Å². The Morgan fingerprint density at radius 3 is 2.55 bits per heavy atom. The molecule has 2 rings (SSSR count). The first-order valence-electron chi connectivity index (χ1n) is 7.19. The fraction of sp³-hybridized carbons (Fsp3) is 0.600. The van der Waals surface area contributed by atoms with Crippen LogP contribution in [0.15, 0.2) is 29.2 Å². The van der Waals surface area contributed by atoms with Crippen LogP contribution in [-0.4, -0.2) is 39.0 Å². The van der Waals surface area contributed by atoms with Crippen LogP contribution in [0.5, 0.6) is 0 Å². The highest BCUT2D eigenvalue weighted by Gasteiger charge is 2.32. The highest BCUT2D eigenvalue weighted by Crippen LogP contribution is 2.22. The molecule has 0 radical (unpaired) electrons. The van der Waals surface area contributed by atoms with Crippen LogP contribution in [0.3, 0.4) is 0 Å². The van der Waals surface area contributed by atoms with Gasteiger partial charge in [0.1, 0.15) is 0 Å². The van der Waals surface area contributed by atoms with E-state index in [1.165, 1.54) is 9.87 Å². The van der Waals surface area contributed by atoms with Crippen molar-refractivity contribution in [2.24, 2.45) is 0 Å². The van der Waals surface area contributed by atoms with Crippen molar-refractivity contribution in [3.63, 3.8) is 0 Å². The van der Waals surface area contributed by atoms with Crippen molar-refractivity contribution in [2.75, 3.05) is 20.2 Å². The molecule has 0 spiro atoms. The fourth-order valence-corrected chi connectivity index (χ4v) is 3.95. The van der Waals surface area contributed by atoms with Crippen LogP contribution < -0.4 is 0 Å². The maximum absolute atomic E-state index is 12.5. The molecular formula is C15H23NO3S. The summed E-state index contributed by atoms with van der Waals surface area (Å²) >= 11 is 0. The molecule has 0 saturated carbocycles. The fourth-order valence-electron chi connectivity index (χ4n) is 2.47. The van der Waals surface area contributed by atoms with Gasteiger partial charge in [-0.2, -0.15) is 4.31 Å². The van der Waals surface area contributed by atoms with E-state index in [9.17, 15) is 8.42 Å². The minimum Gasteiger partial charge on any atom is -0.380 e. The average molecular weight is 297 g/mol. The predicted octanol–water partition coefficient (Wildman–Crippen LogP) is 2.44. The largest absolute Gasteiger partial charge is 0.380 e. The minimum absolute atomic E-state index is 0.0219. The topological polar surface area (TPSA) is 46.6 Å². The highest BCUT2D eigenvalue weighted by atomic mass is 32.2. The van der Waals surface area contributed by atoms with Gasteiger partial charge >= 0.3 is 0 Å². The lowest BCUT2D eigenvalue weighted by molar-refractivity contribution is 0.115. The standard InChI is InChI=1S/C15H23NO3S/c1-3-4-5-13-6-8-15(9-7-13)20(17,18)16-11-10-14(12-16)19-2/h6-9,14H,3-5,10-12H2,1-2H3/t14-/m1/s1. The molecular weight excluding hydrogens is 274 g/mol. The van der Waals surface area contributed by atoms with Gasteiger partial charge in [-0.3, -0.25) is 0 Å². The van der Waals surface area contributed by atoms with Gasteiger partial charge in [-0.05, 0) is 37.0 Å². The molecule has 1 saturated heterocycles. The molecule has 0 N–H and O–H groups in total. The SMILES string of the molecule is CCCCc1ccc(S(=O)(=O)N2CC[C@@H](OC)C2)cc1. The molecule has 0 aromatic heterocycles. The normalized spacial score (nSPS) is 20.4. The molecule has 4 nitrogen and oxygen atoms in total. The lowest BCUT2D eigenvalue weighted by Gasteiger charge is -2.16. The molecule has 112 valence electrons. The molecule has 0 unspecified atom stereocenters. The molecule has 0 amide bonds. The summed E-state index contributed by atoms with van der Waals surface area (Å²) in [6.07, 6.45) is 4.07. The highest BCUT2D eigenvalue weighted by molar-refractivity contribution is 7.89. The van der Waals surface area contributed by atoms with Gasteiger partial charge in [-0.1, -0.05) is 25.5 Å². The van der Waals surface area contributed by atoms with E-state index in [2.05, 4.69) is 6.92 Å². The van der Waals surface area contributed by atoms with Gasteiger partial charge in [0.15, 0.2) is 0 Å². The zero-order valence-electron chi connectivity index (χ0n) is 12.2. The molecule has 1 aromatic rings. The van der Waals surface area contributed by atoms with Gasteiger partial charge in [-0.25, -0.2) is 8.42 Å². The molecule has 1 atom stereocenters. The van der Waals surface area contributed by atoms with E-state index in [0.29, 0.717) is 18.0 Å². The smallest absolute Gasteiger partial charge is 0.243 e. The summed E-state index contributed by atoms with van der Waals surface area (Å²) in [6.45, 7) is 3.15. The van der Waals surface area contributed by atoms with Crippen LogP contribution >= 0.6 is 0 Å². The number of benzene rings is 1. The van der Waals surface area contributed by atoms with E-state index in [-0.39, 0.29) is 6.10 Å². The van der Waals surface area contributed by atoms with Crippen molar-refractivity contribution in [1.82, 2.24) is 4.31 Å². The van der Waals surface area contributed by atoms with E-state index in [4.69, 9.17) is 4.74 Å². The van der Waals surface area contributed by atoms with E-state index in [1.54, 1.807) is 19.2 Å². The maximum Gasteiger partial charge on any atom is 0.243 e. The maximum atomic E-state index is 12.5. The summed E-state index contributed by atoms with van der Waals surface area (Å²) in [7, 11) is -1.74. The zero-order valence-corrected chi connectivity index (χ0v) is 13.0. The van der Waals surface area contributed by atoms with E-state index in [1.807, 2.05) is 12.1 Å². The Labute approximate surface area is 121 Å². The lowest BCUT2D eigenvalue weighted by Crippen LogP contribution is -2.30. The predicted molar refractivity (Wildman–Crippen MR) is 79.2 cm³/mol. The second-order valence-corrected chi connectivity index (χ2v) is 7.19. The van der Waals surface area contributed by atoms with Crippen LogP contribution in [0.4, 0.5) is 0 Å². The Kier molecular flexibility index (Phi) is 5.18. The van der Waals surface area contributed by atoms with Crippen LogP contribution in [-0.2, 0) is 21.2 Å². The summed E-state index contributed by atoms with van der Waals surface area (Å²) in [6, 6.07) is 7.29. The second kappa shape index (κ2) is 6.70. The number of methoxy groups -OCH3 is 1.